The molecule has 1 aromatic rings. The Labute approximate surface area is 78.7 Å². The van der Waals surface area contributed by atoms with Gasteiger partial charge in [0, 0.05) is 10.0 Å². The Morgan fingerprint density at radius 3 is 1.92 bits per heavy atom. The minimum atomic E-state index is -2.38. The predicted molar refractivity (Wildman–Crippen MR) is 48.6 cm³/mol. The summed E-state index contributed by atoms with van der Waals surface area (Å²) >= 11 is 3.25. The summed E-state index contributed by atoms with van der Waals surface area (Å²) in [4.78, 5) is 0. The molecule has 0 aromatic heterocycles. The van der Waals surface area contributed by atoms with Crippen molar-refractivity contribution in [2.75, 3.05) is 0 Å². The molecule has 3 heteroatoms. The van der Waals surface area contributed by atoms with Crippen LogP contribution in [-0.4, -0.2) is 0 Å². The van der Waals surface area contributed by atoms with Crippen molar-refractivity contribution >= 4 is 15.9 Å². The maximum Gasteiger partial charge on any atom is 0.264 e. The third-order valence-electron chi connectivity index (χ3n) is 1.78. The van der Waals surface area contributed by atoms with E-state index >= 15 is 0 Å². The van der Waals surface area contributed by atoms with Gasteiger partial charge in [-0.15, -0.1) is 0 Å². The summed E-state index contributed by atoms with van der Waals surface area (Å²) in [6.45, 7) is 3.39. The zero-order chi connectivity index (χ0) is 9.30. The van der Waals surface area contributed by atoms with Crippen LogP contribution >= 0.6 is 15.9 Å². The zero-order valence-electron chi connectivity index (χ0n) is 6.87. The lowest BCUT2D eigenvalue weighted by Gasteiger charge is -2.08. The summed E-state index contributed by atoms with van der Waals surface area (Å²) in [5.74, 6) is 0. The van der Waals surface area contributed by atoms with Gasteiger partial charge in [0.25, 0.3) is 6.43 Å². The molecule has 0 spiro atoms. The van der Waals surface area contributed by atoms with Crippen LogP contribution in [0.2, 0.25) is 0 Å². The molecule has 0 amide bonds. The monoisotopic (exact) mass is 234 g/mol. The highest BCUT2D eigenvalue weighted by atomic mass is 79.9. The predicted octanol–water partition coefficient (Wildman–Crippen LogP) is 4.00. The number of benzene rings is 1. The molecule has 0 nitrogen and oxygen atoms in total. The number of alkyl halides is 2. The molecule has 1 aromatic carbocycles. The second-order valence-corrected chi connectivity index (χ2v) is 3.67. The molecule has 66 valence electrons. The molecule has 0 N–H and O–H groups in total. The van der Waals surface area contributed by atoms with Crippen LogP contribution in [0.5, 0.6) is 0 Å². The maximum atomic E-state index is 12.4. The molecule has 0 saturated heterocycles. The lowest BCUT2D eigenvalue weighted by Crippen LogP contribution is -1.93. The molecule has 1 rings (SSSR count). The zero-order valence-corrected chi connectivity index (χ0v) is 8.45. The highest BCUT2D eigenvalue weighted by Gasteiger charge is 2.13. The van der Waals surface area contributed by atoms with Gasteiger partial charge in [-0.3, -0.25) is 0 Å². The van der Waals surface area contributed by atoms with Gasteiger partial charge in [-0.25, -0.2) is 8.78 Å². The Kier molecular flexibility index (Phi) is 2.83. The first-order valence-corrected chi connectivity index (χ1v) is 4.36. The van der Waals surface area contributed by atoms with Gasteiger partial charge < -0.3 is 0 Å². The van der Waals surface area contributed by atoms with E-state index in [1.165, 1.54) is 0 Å². The summed E-state index contributed by atoms with van der Waals surface area (Å²) in [5.41, 5.74) is 1.42. The van der Waals surface area contributed by atoms with Crippen LogP contribution in [0.1, 0.15) is 23.1 Å². The Hall–Kier alpha value is -0.440. The van der Waals surface area contributed by atoms with Crippen LogP contribution in [0.25, 0.3) is 0 Å². The topological polar surface area (TPSA) is 0 Å². The summed E-state index contributed by atoms with van der Waals surface area (Å²) < 4.78 is 25.7. The fraction of sp³-hybridized carbons (Fsp3) is 0.333. The van der Waals surface area contributed by atoms with Gasteiger partial charge in [-0.05, 0) is 37.1 Å². The average Bonchev–Trinajstić information content (AvgIpc) is 1.82. The molecule has 0 heterocycles. The van der Waals surface area contributed by atoms with Gasteiger partial charge in [-0.1, -0.05) is 15.9 Å². The van der Waals surface area contributed by atoms with E-state index in [1.54, 1.807) is 26.0 Å². The molecule has 0 aliphatic rings. The fourth-order valence-corrected chi connectivity index (χ4v) is 1.95. The van der Waals surface area contributed by atoms with Gasteiger partial charge in [0.1, 0.15) is 0 Å². The van der Waals surface area contributed by atoms with E-state index in [0.29, 0.717) is 11.1 Å². The van der Waals surface area contributed by atoms with Crippen molar-refractivity contribution in [1.29, 1.82) is 0 Å². The van der Waals surface area contributed by atoms with Crippen LogP contribution in [0, 0.1) is 13.8 Å². The SMILES string of the molecule is Cc1cc(Br)cc(C)c1C(F)F. The van der Waals surface area contributed by atoms with Gasteiger partial charge in [0.15, 0.2) is 0 Å². The summed E-state index contributed by atoms with van der Waals surface area (Å²) in [6.07, 6.45) is -2.38. The van der Waals surface area contributed by atoms with Crippen LogP contribution in [0.3, 0.4) is 0 Å². The Bertz CT molecular complexity index is 272. The van der Waals surface area contributed by atoms with E-state index in [1.807, 2.05) is 0 Å². The van der Waals surface area contributed by atoms with Gasteiger partial charge >= 0.3 is 0 Å². The third-order valence-corrected chi connectivity index (χ3v) is 2.23. The number of hydrogen-bond acceptors (Lipinski definition) is 0. The minimum Gasteiger partial charge on any atom is -0.205 e. The molecule has 12 heavy (non-hydrogen) atoms. The van der Waals surface area contributed by atoms with Crippen LogP contribution in [0.15, 0.2) is 16.6 Å². The quantitative estimate of drug-likeness (QED) is 0.689. The van der Waals surface area contributed by atoms with E-state index in [2.05, 4.69) is 15.9 Å². The van der Waals surface area contributed by atoms with Crippen molar-refractivity contribution in [3.63, 3.8) is 0 Å². The van der Waals surface area contributed by atoms with E-state index < -0.39 is 6.43 Å². The number of aryl methyl sites for hydroxylation is 2. The highest BCUT2D eigenvalue weighted by molar-refractivity contribution is 9.10. The molecular weight excluding hydrogens is 226 g/mol. The van der Waals surface area contributed by atoms with Crippen LogP contribution < -0.4 is 0 Å². The second kappa shape index (κ2) is 3.52. The van der Waals surface area contributed by atoms with Crippen molar-refractivity contribution < 1.29 is 8.78 Å². The fourth-order valence-electron chi connectivity index (χ4n) is 1.27. The van der Waals surface area contributed by atoms with Crippen molar-refractivity contribution in [2.45, 2.75) is 20.3 Å². The average molecular weight is 235 g/mol. The lowest BCUT2D eigenvalue weighted by atomic mass is 10.0. The van der Waals surface area contributed by atoms with E-state index in [4.69, 9.17) is 0 Å². The lowest BCUT2D eigenvalue weighted by molar-refractivity contribution is 0.150. The van der Waals surface area contributed by atoms with E-state index in [0.717, 1.165) is 4.47 Å². The minimum absolute atomic E-state index is 0.151. The first-order valence-electron chi connectivity index (χ1n) is 3.57. The smallest absolute Gasteiger partial charge is 0.205 e. The molecule has 0 atom stereocenters. The van der Waals surface area contributed by atoms with Crippen LogP contribution in [0.4, 0.5) is 8.78 Å². The molecule has 0 fully saturated rings. The molecule has 0 saturated carbocycles. The Morgan fingerprint density at radius 1 is 1.17 bits per heavy atom. The van der Waals surface area contributed by atoms with Gasteiger partial charge in [-0.2, -0.15) is 0 Å². The second-order valence-electron chi connectivity index (χ2n) is 2.75. The summed E-state index contributed by atoms with van der Waals surface area (Å²) in [5, 5.41) is 0. The van der Waals surface area contributed by atoms with Crippen molar-refractivity contribution in [1.82, 2.24) is 0 Å². The Morgan fingerprint density at radius 2 is 1.58 bits per heavy atom. The number of hydrogen-bond donors (Lipinski definition) is 0. The Balaban J connectivity index is 3.28. The standard InChI is InChI=1S/C9H9BrF2/c1-5-3-7(10)4-6(2)8(5)9(11)12/h3-4,9H,1-2H3. The molecule has 0 aliphatic carbocycles. The first kappa shape index (κ1) is 9.65. The van der Waals surface area contributed by atoms with Crippen LogP contribution in [-0.2, 0) is 0 Å². The van der Waals surface area contributed by atoms with Crippen molar-refractivity contribution in [3.05, 3.63) is 33.3 Å². The van der Waals surface area contributed by atoms with E-state index in [-0.39, 0.29) is 5.56 Å². The largest absolute Gasteiger partial charge is 0.264 e. The normalized spacial score (nSPS) is 10.8. The third kappa shape index (κ3) is 1.83. The first-order chi connectivity index (χ1) is 5.52. The molecule has 0 unspecified atom stereocenters. The maximum absolute atomic E-state index is 12.4. The van der Waals surface area contributed by atoms with Crippen molar-refractivity contribution in [3.8, 4) is 0 Å². The molecule has 0 bridgehead atoms. The van der Waals surface area contributed by atoms with E-state index in [9.17, 15) is 8.78 Å². The highest BCUT2D eigenvalue weighted by Crippen LogP contribution is 2.28. The molecular formula is C9H9BrF2. The summed E-state index contributed by atoms with van der Waals surface area (Å²) in [7, 11) is 0. The number of rotatable bonds is 1. The molecule has 0 aliphatic heterocycles. The van der Waals surface area contributed by atoms with Crippen molar-refractivity contribution in [2.24, 2.45) is 0 Å². The van der Waals surface area contributed by atoms with Gasteiger partial charge in [0.05, 0.1) is 0 Å². The number of halogens is 3. The molecule has 0 radical (unpaired) electrons. The van der Waals surface area contributed by atoms with Gasteiger partial charge in [0.2, 0.25) is 0 Å². The summed E-state index contributed by atoms with van der Waals surface area (Å²) in [6, 6.07) is 3.41.